The second-order valence-corrected chi connectivity index (χ2v) is 4.19. The summed E-state index contributed by atoms with van der Waals surface area (Å²) in [7, 11) is 1.48. The van der Waals surface area contributed by atoms with Gasteiger partial charge in [-0.25, -0.2) is 19.9 Å². The van der Waals surface area contributed by atoms with Gasteiger partial charge in [0.25, 0.3) is 5.56 Å². The predicted octanol–water partition coefficient (Wildman–Crippen LogP) is 1.09. The van der Waals surface area contributed by atoms with Gasteiger partial charge in [-0.15, -0.1) is 0 Å². The molecule has 0 saturated carbocycles. The average molecular weight is 269 g/mol. The van der Waals surface area contributed by atoms with Crippen LogP contribution in [0.15, 0.2) is 29.6 Å². The standard InChI is InChI=1S/C13H11N5O2/c1-7-9-3-10(8-4-14-13(20-2)15-5-8)12(19)18-11(9)17-6-16-7/h3-6H,1-2H3,(H,16,17,18,19). The maximum Gasteiger partial charge on any atom is 0.316 e. The van der Waals surface area contributed by atoms with Gasteiger partial charge < -0.3 is 9.72 Å². The minimum atomic E-state index is -0.246. The molecule has 0 amide bonds. The Balaban J connectivity index is 2.22. The van der Waals surface area contributed by atoms with Crippen LogP contribution in [0, 0.1) is 6.92 Å². The Morgan fingerprint density at radius 2 is 1.90 bits per heavy atom. The van der Waals surface area contributed by atoms with Crippen molar-refractivity contribution in [1.82, 2.24) is 24.9 Å². The Morgan fingerprint density at radius 1 is 1.15 bits per heavy atom. The molecule has 0 aliphatic heterocycles. The molecular weight excluding hydrogens is 258 g/mol. The van der Waals surface area contributed by atoms with Crippen molar-refractivity contribution in [3.05, 3.63) is 40.8 Å². The Labute approximate surface area is 113 Å². The summed E-state index contributed by atoms with van der Waals surface area (Å²) in [5, 5.41) is 0.790. The summed E-state index contributed by atoms with van der Waals surface area (Å²) in [4.78, 5) is 31.0. The second kappa shape index (κ2) is 4.69. The molecule has 7 nitrogen and oxygen atoms in total. The first-order chi connectivity index (χ1) is 9.69. The Hall–Kier alpha value is -2.83. The molecule has 0 aliphatic rings. The van der Waals surface area contributed by atoms with E-state index < -0.39 is 0 Å². The van der Waals surface area contributed by atoms with E-state index in [-0.39, 0.29) is 11.6 Å². The molecule has 3 rings (SSSR count). The van der Waals surface area contributed by atoms with E-state index in [4.69, 9.17) is 4.74 Å². The van der Waals surface area contributed by atoms with Crippen LogP contribution in [0.4, 0.5) is 0 Å². The number of H-pyrrole nitrogens is 1. The molecule has 0 atom stereocenters. The van der Waals surface area contributed by atoms with E-state index in [0.29, 0.717) is 16.8 Å². The molecule has 0 bridgehead atoms. The van der Waals surface area contributed by atoms with Crippen LogP contribution in [0.3, 0.4) is 0 Å². The highest BCUT2D eigenvalue weighted by Gasteiger charge is 2.09. The molecule has 3 aromatic heterocycles. The molecule has 1 N–H and O–H groups in total. The second-order valence-electron chi connectivity index (χ2n) is 4.19. The normalized spacial score (nSPS) is 10.7. The largest absolute Gasteiger partial charge is 0.467 e. The lowest BCUT2D eigenvalue weighted by molar-refractivity contribution is 0.380. The van der Waals surface area contributed by atoms with Crippen molar-refractivity contribution in [2.45, 2.75) is 6.92 Å². The minimum Gasteiger partial charge on any atom is -0.467 e. The number of aryl methyl sites for hydroxylation is 1. The van der Waals surface area contributed by atoms with Crippen molar-refractivity contribution < 1.29 is 4.74 Å². The van der Waals surface area contributed by atoms with Crippen molar-refractivity contribution in [2.75, 3.05) is 7.11 Å². The lowest BCUT2D eigenvalue weighted by Gasteiger charge is -2.04. The molecule has 0 spiro atoms. The lowest BCUT2D eigenvalue weighted by atomic mass is 10.1. The summed E-state index contributed by atoms with van der Waals surface area (Å²) in [5.41, 5.74) is 2.14. The topological polar surface area (TPSA) is 93.7 Å². The van der Waals surface area contributed by atoms with Gasteiger partial charge in [0.1, 0.15) is 12.0 Å². The Morgan fingerprint density at radius 3 is 2.60 bits per heavy atom. The molecule has 0 aromatic carbocycles. The number of ether oxygens (including phenoxy) is 1. The van der Waals surface area contributed by atoms with Gasteiger partial charge in [-0.2, -0.15) is 0 Å². The third-order valence-corrected chi connectivity index (χ3v) is 2.97. The molecule has 0 radical (unpaired) electrons. The summed E-state index contributed by atoms with van der Waals surface area (Å²) in [5.74, 6) is 0. The van der Waals surface area contributed by atoms with Crippen LogP contribution in [0.5, 0.6) is 6.01 Å². The van der Waals surface area contributed by atoms with Crippen molar-refractivity contribution in [1.29, 1.82) is 0 Å². The zero-order valence-corrected chi connectivity index (χ0v) is 10.9. The quantitative estimate of drug-likeness (QED) is 0.748. The van der Waals surface area contributed by atoms with Crippen LogP contribution in [0.1, 0.15) is 5.69 Å². The zero-order valence-electron chi connectivity index (χ0n) is 10.9. The molecule has 7 heteroatoms. The fraction of sp³-hybridized carbons (Fsp3) is 0.154. The predicted molar refractivity (Wildman–Crippen MR) is 72.5 cm³/mol. The summed E-state index contributed by atoms with van der Waals surface area (Å²) in [6.45, 7) is 1.86. The van der Waals surface area contributed by atoms with Gasteiger partial charge in [0, 0.05) is 23.3 Å². The molecule has 0 unspecified atom stereocenters. The number of fused-ring (bicyclic) bond motifs is 1. The number of nitrogens with one attached hydrogen (secondary N) is 1. The highest BCUT2D eigenvalue weighted by Crippen LogP contribution is 2.19. The summed E-state index contributed by atoms with van der Waals surface area (Å²) in [6.07, 6.45) is 4.51. The highest BCUT2D eigenvalue weighted by molar-refractivity contribution is 5.82. The number of pyridine rings is 1. The zero-order chi connectivity index (χ0) is 14.1. The molecule has 20 heavy (non-hydrogen) atoms. The van der Waals surface area contributed by atoms with Crippen molar-refractivity contribution in [3.8, 4) is 17.1 Å². The first kappa shape index (κ1) is 12.2. The number of hydrogen-bond acceptors (Lipinski definition) is 6. The summed E-state index contributed by atoms with van der Waals surface area (Å²) < 4.78 is 4.90. The van der Waals surface area contributed by atoms with Crippen LogP contribution >= 0.6 is 0 Å². The highest BCUT2D eigenvalue weighted by atomic mass is 16.5. The molecule has 100 valence electrons. The van der Waals surface area contributed by atoms with Crippen LogP contribution in [-0.2, 0) is 0 Å². The fourth-order valence-electron chi connectivity index (χ4n) is 1.92. The molecule has 0 aliphatic carbocycles. The van der Waals surface area contributed by atoms with E-state index in [9.17, 15) is 4.79 Å². The number of methoxy groups -OCH3 is 1. The number of hydrogen-bond donors (Lipinski definition) is 1. The van der Waals surface area contributed by atoms with Gasteiger partial charge in [0.05, 0.1) is 18.4 Å². The summed E-state index contributed by atoms with van der Waals surface area (Å²) >= 11 is 0. The molecule has 0 saturated heterocycles. The van der Waals surface area contributed by atoms with Crippen LogP contribution < -0.4 is 10.3 Å². The third-order valence-electron chi connectivity index (χ3n) is 2.97. The van der Waals surface area contributed by atoms with Crippen LogP contribution in [0.25, 0.3) is 22.2 Å². The van der Waals surface area contributed by atoms with Gasteiger partial charge in [0.15, 0.2) is 0 Å². The summed E-state index contributed by atoms with van der Waals surface area (Å²) in [6, 6.07) is 2.00. The Kier molecular flexibility index (Phi) is 2.86. The third kappa shape index (κ3) is 1.99. The van der Waals surface area contributed by atoms with Gasteiger partial charge >= 0.3 is 6.01 Å². The number of aromatic nitrogens is 5. The van der Waals surface area contributed by atoms with Gasteiger partial charge in [-0.1, -0.05) is 0 Å². The molecule has 3 heterocycles. The minimum absolute atomic E-state index is 0.246. The van der Waals surface area contributed by atoms with Crippen LogP contribution in [0.2, 0.25) is 0 Å². The van der Waals surface area contributed by atoms with Crippen LogP contribution in [-0.4, -0.2) is 32.0 Å². The number of aromatic amines is 1. The van der Waals surface area contributed by atoms with Gasteiger partial charge in [0.2, 0.25) is 0 Å². The fourth-order valence-corrected chi connectivity index (χ4v) is 1.92. The van der Waals surface area contributed by atoms with Gasteiger partial charge in [-0.3, -0.25) is 4.79 Å². The average Bonchev–Trinajstić information content (AvgIpc) is 2.47. The smallest absolute Gasteiger partial charge is 0.316 e. The van der Waals surface area contributed by atoms with Crippen molar-refractivity contribution in [2.24, 2.45) is 0 Å². The van der Waals surface area contributed by atoms with E-state index in [1.54, 1.807) is 18.5 Å². The van der Waals surface area contributed by atoms with E-state index in [1.165, 1.54) is 13.4 Å². The number of nitrogens with zero attached hydrogens (tertiary/aromatic N) is 4. The van der Waals surface area contributed by atoms with E-state index in [1.807, 2.05) is 6.92 Å². The van der Waals surface area contributed by atoms with Crippen molar-refractivity contribution in [3.63, 3.8) is 0 Å². The molecular formula is C13H11N5O2. The first-order valence-electron chi connectivity index (χ1n) is 5.90. The van der Waals surface area contributed by atoms with E-state index in [0.717, 1.165) is 11.1 Å². The maximum absolute atomic E-state index is 12.1. The van der Waals surface area contributed by atoms with Gasteiger partial charge in [-0.05, 0) is 13.0 Å². The molecule has 3 aromatic rings. The monoisotopic (exact) mass is 269 g/mol. The van der Waals surface area contributed by atoms with E-state index >= 15 is 0 Å². The Bertz CT molecular complexity index is 826. The molecule has 0 fully saturated rings. The van der Waals surface area contributed by atoms with E-state index in [2.05, 4.69) is 24.9 Å². The first-order valence-corrected chi connectivity index (χ1v) is 5.90. The maximum atomic E-state index is 12.1. The number of rotatable bonds is 2. The lowest BCUT2D eigenvalue weighted by Crippen LogP contribution is -2.10. The SMILES string of the molecule is COc1ncc(-c2cc3c(C)ncnc3[nH]c2=O)cn1. The van der Waals surface area contributed by atoms with Crippen molar-refractivity contribution >= 4 is 11.0 Å².